The molecule has 0 bridgehead atoms. The molecule has 0 aromatic rings. The number of nitrogens with one attached hydrogen (secondary N) is 1. The van der Waals surface area contributed by atoms with Crippen LogP contribution in [0.3, 0.4) is 0 Å². The predicted octanol–water partition coefficient (Wildman–Crippen LogP) is 0.249. The molecular formula is C10H22N2O2. The van der Waals surface area contributed by atoms with Gasteiger partial charge in [0, 0.05) is 13.1 Å². The maximum Gasteiger partial charge on any atom is 0.227 e. The van der Waals surface area contributed by atoms with E-state index in [9.17, 15) is 4.79 Å². The first-order valence-corrected chi connectivity index (χ1v) is 5.18. The Kier molecular flexibility index (Phi) is 5.72. The van der Waals surface area contributed by atoms with Crippen LogP contribution in [0.5, 0.6) is 0 Å². The zero-order valence-electron chi connectivity index (χ0n) is 9.34. The summed E-state index contributed by atoms with van der Waals surface area (Å²) in [4.78, 5) is 11.8. The number of hydrogen-bond donors (Lipinski definition) is 3. The van der Waals surface area contributed by atoms with Crippen LogP contribution in [-0.2, 0) is 4.79 Å². The third kappa shape index (κ3) is 3.27. The monoisotopic (exact) mass is 202 g/mol. The Morgan fingerprint density at radius 3 is 2.29 bits per heavy atom. The molecule has 0 rings (SSSR count). The Morgan fingerprint density at radius 1 is 1.50 bits per heavy atom. The number of carbonyl (C=O) groups excluding carboxylic acids is 1. The zero-order valence-corrected chi connectivity index (χ0v) is 9.34. The molecule has 0 aromatic carbocycles. The molecule has 0 radical (unpaired) electrons. The van der Waals surface area contributed by atoms with Gasteiger partial charge in [0.25, 0.3) is 0 Å². The van der Waals surface area contributed by atoms with Crippen molar-refractivity contribution < 1.29 is 9.90 Å². The van der Waals surface area contributed by atoms with E-state index in [2.05, 4.69) is 5.32 Å². The molecule has 0 fully saturated rings. The van der Waals surface area contributed by atoms with Crippen molar-refractivity contribution in [2.75, 3.05) is 13.1 Å². The Hall–Kier alpha value is -0.610. The first-order valence-electron chi connectivity index (χ1n) is 5.18. The third-order valence-corrected chi connectivity index (χ3v) is 2.78. The van der Waals surface area contributed by atoms with Crippen molar-refractivity contribution in [3.05, 3.63) is 0 Å². The molecule has 1 unspecified atom stereocenters. The Balaban J connectivity index is 4.29. The van der Waals surface area contributed by atoms with Gasteiger partial charge in [-0.25, -0.2) is 0 Å². The highest BCUT2D eigenvalue weighted by Gasteiger charge is 2.32. The van der Waals surface area contributed by atoms with Gasteiger partial charge in [0.15, 0.2) is 0 Å². The summed E-state index contributed by atoms with van der Waals surface area (Å²) in [6, 6.07) is 0. The van der Waals surface area contributed by atoms with Gasteiger partial charge in [-0.15, -0.1) is 0 Å². The smallest absolute Gasteiger partial charge is 0.227 e. The molecule has 84 valence electrons. The van der Waals surface area contributed by atoms with Crippen molar-refractivity contribution in [2.24, 2.45) is 11.1 Å². The summed E-state index contributed by atoms with van der Waals surface area (Å²) < 4.78 is 0. The van der Waals surface area contributed by atoms with E-state index < -0.39 is 11.5 Å². The second-order valence-electron chi connectivity index (χ2n) is 3.75. The first kappa shape index (κ1) is 13.4. The molecule has 0 aliphatic carbocycles. The predicted molar refractivity (Wildman–Crippen MR) is 56.8 cm³/mol. The molecule has 1 amide bonds. The fraction of sp³-hybridized carbons (Fsp3) is 0.900. The van der Waals surface area contributed by atoms with E-state index in [4.69, 9.17) is 10.8 Å². The molecule has 4 heteroatoms. The Morgan fingerprint density at radius 2 is 2.00 bits per heavy atom. The third-order valence-electron chi connectivity index (χ3n) is 2.78. The van der Waals surface area contributed by atoms with E-state index >= 15 is 0 Å². The Bertz CT molecular complexity index is 169. The summed E-state index contributed by atoms with van der Waals surface area (Å²) in [5.74, 6) is -0.0501. The van der Waals surface area contributed by atoms with Crippen LogP contribution in [0.2, 0.25) is 0 Å². The minimum atomic E-state index is -0.511. The van der Waals surface area contributed by atoms with Crippen LogP contribution in [0.15, 0.2) is 0 Å². The van der Waals surface area contributed by atoms with Crippen LogP contribution in [0.1, 0.15) is 33.6 Å². The van der Waals surface area contributed by atoms with Crippen molar-refractivity contribution in [2.45, 2.75) is 39.7 Å². The lowest BCUT2D eigenvalue weighted by Gasteiger charge is -2.28. The van der Waals surface area contributed by atoms with Crippen molar-refractivity contribution in [3.8, 4) is 0 Å². The summed E-state index contributed by atoms with van der Waals surface area (Å²) in [6.45, 7) is 6.20. The topological polar surface area (TPSA) is 75.4 Å². The largest absolute Gasteiger partial charge is 0.392 e. The SMILES string of the molecule is CCC(CC)(CN)C(=O)NCC(C)O. The van der Waals surface area contributed by atoms with Crippen LogP contribution in [0.25, 0.3) is 0 Å². The zero-order chi connectivity index (χ0) is 11.2. The van der Waals surface area contributed by atoms with Crippen molar-refractivity contribution in [1.29, 1.82) is 0 Å². The summed E-state index contributed by atoms with van der Waals surface area (Å²) in [6.07, 6.45) is 0.945. The maximum atomic E-state index is 11.8. The van der Waals surface area contributed by atoms with E-state index in [0.717, 1.165) is 12.8 Å². The second-order valence-corrected chi connectivity index (χ2v) is 3.75. The molecule has 0 saturated heterocycles. The lowest BCUT2D eigenvalue weighted by atomic mass is 9.81. The molecule has 0 aliphatic rings. The minimum absolute atomic E-state index is 0.0501. The number of hydrogen-bond acceptors (Lipinski definition) is 3. The second kappa shape index (κ2) is 5.98. The van der Waals surface area contributed by atoms with Crippen molar-refractivity contribution in [3.63, 3.8) is 0 Å². The summed E-state index contributed by atoms with van der Waals surface area (Å²) in [5.41, 5.74) is 5.15. The maximum absolute atomic E-state index is 11.8. The standard InChI is InChI=1S/C10H22N2O2/c1-4-10(5-2,7-11)9(14)12-6-8(3)13/h8,13H,4-7,11H2,1-3H3,(H,12,14). The molecular weight excluding hydrogens is 180 g/mol. The van der Waals surface area contributed by atoms with Gasteiger partial charge in [0.05, 0.1) is 11.5 Å². The van der Waals surface area contributed by atoms with E-state index in [-0.39, 0.29) is 5.91 Å². The Labute approximate surface area is 85.9 Å². The van der Waals surface area contributed by atoms with E-state index in [1.807, 2.05) is 13.8 Å². The van der Waals surface area contributed by atoms with Crippen LogP contribution in [0, 0.1) is 5.41 Å². The van der Waals surface area contributed by atoms with Gasteiger partial charge in [0.1, 0.15) is 0 Å². The summed E-state index contributed by atoms with van der Waals surface area (Å²) in [5, 5.41) is 11.7. The molecule has 4 nitrogen and oxygen atoms in total. The summed E-state index contributed by atoms with van der Waals surface area (Å²) >= 11 is 0. The van der Waals surface area contributed by atoms with Crippen molar-refractivity contribution >= 4 is 5.91 Å². The number of carbonyl (C=O) groups is 1. The minimum Gasteiger partial charge on any atom is -0.392 e. The highest BCUT2D eigenvalue weighted by atomic mass is 16.3. The number of amides is 1. The highest BCUT2D eigenvalue weighted by Crippen LogP contribution is 2.24. The molecule has 0 heterocycles. The van der Waals surface area contributed by atoms with Crippen LogP contribution >= 0.6 is 0 Å². The van der Waals surface area contributed by atoms with E-state index in [1.165, 1.54) is 0 Å². The molecule has 0 saturated carbocycles. The number of nitrogens with two attached hydrogens (primary N) is 1. The summed E-state index contributed by atoms with van der Waals surface area (Å²) in [7, 11) is 0. The van der Waals surface area contributed by atoms with Crippen LogP contribution < -0.4 is 11.1 Å². The van der Waals surface area contributed by atoms with Crippen LogP contribution in [-0.4, -0.2) is 30.2 Å². The molecule has 0 aliphatic heterocycles. The van der Waals surface area contributed by atoms with E-state index in [1.54, 1.807) is 6.92 Å². The molecule has 1 atom stereocenters. The van der Waals surface area contributed by atoms with Gasteiger partial charge in [-0.05, 0) is 19.8 Å². The van der Waals surface area contributed by atoms with Gasteiger partial charge in [-0.3, -0.25) is 4.79 Å². The lowest BCUT2D eigenvalue weighted by molar-refractivity contribution is -0.131. The lowest BCUT2D eigenvalue weighted by Crippen LogP contribution is -2.46. The van der Waals surface area contributed by atoms with E-state index in [0.29, 0.717) is 13.1 Å². The number of aliphatic hydroxyl groups excluding tert-OH is 1. The molecule has 0 spiro atoms. The van der Waals surface area contributed by atoms with Gasteiger partial charge >= 0.3 is 0 Å². The van der Waals surface area contributed by atoms with Gasteiger partial charge in [-0.2, -0.15) is 0 Å². The fourth-order valence-corrected chi connectivity index (χ4v) is 1.38. The normalized spacial score (nSPS) is 13.8. The van der Waals surface area contributed by atoms with Crippen LogP contribution in [0.4, 0.5) is 0 Å². The van der Waals surface area contributed by atoms with Gasteiger partial charge in [0.2, 0.25) is 5.91 Å². The quantitative estimate of drug-likeness (QED) is 0.578. The average Bonchev–Trinajstić information content (AvgIpc) is 2.18. The highest BCUT2D eigenvalue weighted by molar-refractivity contribution is 5.82. The average molecular weight is 202 g/mol. The fourth-order valence-electron chi connectivity index (χ4n) is 1.38. The first-order chi connectivity index (χ1) is 6.52. The van der Waals surface area contributed by atoms with Gasteiger partial charge < -0.3 is 16.2 Å². The number of aliphatic hydroxyl groups is 1. The van der Waals surface area contributed by atoms with Gasteiger partial charge in [-0.1, -0.05) is 13.8 Å². The van der Waals surface area contributed by atoms with Crippen molar-refractivity contribution in [1.82, 2.24) is 5.32 Å². The number of rotatable bonds is 6. The molecule has 14 heavy (non-hydrogen) atoms. The molecule has 0 aromatic heterocycles. The molecule has 4 N–H and O–H groups in total.